The Morgan fingerprint density at radius 1 is 1.22 bits per heavy atom. The molecule has 1 aliphatic heterocycles. The molecule has 1 aromatic heterocycles. The van der Waals surface area contributed by atoms with Crippen molar-refractivity contribution in [3.63, 3.8) is 0 Å². The highest BCUT2D eigenvalue weighted by molar-refractivity contribution is 5.86. The Balaban J connectivity index is 1.74. The maximum absolute atomic E-state index is 12.1. The van der Waals surface area contributed by atoms with Crippen molar-refractivity contribution >= 4 is 17.8 Å². The van der Waals surface area contributed by atoms with Crippen molar-refractivity contribution in [1.29, 1.82) is 0 Å². The van der Waals surface area contributed by atoms with Gasteiger partial charge in [0.1, 0.15) is 6.10 Å². The molecule has 1 atom stereocenters. The molecule has 2 heterocycles. The van der Waals surface area contributed by atoms with Crippen LogP contribution in [0.1, 0.15) is 6.42 Å². The smallest absolute Gasteiger partial charge is 0.249 e. The number of aliphatic hydroxyl groups is 2. The first-order chi connectivity index (χ1) is 11.1. The average molecular weight is 323 g/mol. The Kier molecular flexibility index (Phi) is 6.24. The fourth-order valence-electron chi connectivity index (χ4n) is 2.26. The summed E-state index contributed by atoms with van der Waals surface area (Å²) in [7, 11) is 0. The minimum atomic E-state index is -1.29. The van der Waals surface area contributed by atoms with Gasteiger partial charge in [-0.25, -0.2) is 9.97 Å². The number of carbonyl (C=O) groups is 2. The molecule has 126 valence electrons. The lowest BCUT2D eigenvalue weighted by molar-refractivity contribution is -0.136. The third-order valence-electron chi connectivity index (χ3n) is 3.59. The third kappa shape index (κ3) is 4.86. The van der Waals surface area contributed by atoms with E-state index in [9.17, 15) is 14.7 Å². The molecule has 2 amide bonds. The summed E-state index contributed by atoms with van der Waals surface area (Å²) in [5, 5.41) is 20.4. The van der Waals surface area contributed by atoms with E-state index in [2.05, 4.69) is 15.3 Å². The summed E-state index contributed by atoms with van der Waals surface area (Å²) in [6, 6.07) is 1.75. The van der Waals surface area contributed by atoms with Crippen molar-refractivity contribution < 1.29 is 19.8 Å². The summed E-state index contributed by atoms with van der Waals surface area (Å²) in [4.78, 5) is 35.5. The zero-order chi connectivity index (χ0) is 16.7. The van der Waals surface area contributed by atoms with Crippen molar-refractivity contribution in [2.24, 2.45) is 0 Å². The number of piperazine rings is 1. The number of aromatic nitrogens is 2. The number of rotatable bonds is 6. The zero-order valence-electron chi connectivity index (χ0n) is 12.8. The van der Waals surface area contributed by atoms with E-state index in [1.807, 2.05) is 4.90 Å². The lowest BCUT2D eigenvalue weighted by Gasteiger charge is -2.34. The molecule has 0 saturated carbocycles. The van der Waals surface area contributed by atoms with Crippen LogP contribution in [0, 0.1) is 0 Å². The average Bonchev–Trinajstić information content (AvgIpc) is 2.60. The van der Waals surface area contributed by atoms with E-state index in [0.717, 1.165) is 0 Å². The monoisotopic (exact) mass is 323 g/mol. The van der Waals surface area contributed by atoms with Gasteiger partial charge in [-0.3, -0.25) is 9.59 Å². The first-order valence-corrected chi connectivity index (χ1v) is 7.48. The van der Waals surface area contributed by atoms with E-state index in [4.69, 9.17) is 5.11 Å². The van der Waals surface area contributed by atoms with Gasteiger partial charge in [-0.2, -0.15) is 0 Å². The van der Waals surface area contributed by atoms with Crippen LogP contribution in [-0.2, 0) is 9.59 Å². The summed E-state index contributed by atoms with van der Waals surface area (Å²) in [6.07, 6.45) is 2.01. The van der Waals surface area contributed by atoms with Crippen LogP contribution in [0.5, 0.6) is 0 Å². The number of anilines is 1. The maximum atomic E-state index is 12.1. The number of hydrogen-bond acceptors (Lipinski definition) is 7. The number of carbonyl (C=O) groups excluding carboxylic acids is 2. The molecule has 1 aliphatic rings. The second kappa shape index (κ2) is 8.39. The molecule has 0 aliphatic carbocycles. The predicted octanol–water partition coefficient (Wildman–Crippen LogP) is -2.02. The minimum Gasteiger partial charge on any atom is -0.396 e. The normalized spacial score (nSPS) is 16.1. The van der Waals surface area contributed by atoms with Gasteiger partial charge < -0.3 is 25.3 Å². The Hall–Kier alpha value is -2.26. The maximum Gasteiger partial charge on any atom is 0.249 e. The quantitative estimate of drug-likeness (QED) is 0.553. The zero-order valence-corrected chi connectivity index (χ0v) is 12.8. The topological polar surface area (TPSA) is 119 Å². The Labute approximate surface area is 133 Å². The Morgan fingerprint density at radius 2 is 1.87 bits per heavy atom. The number of amides is 2. The van der Waals surface area contributed by atoms with E-state index in [1.54, 1.807) is 23.4 Å². The molecule has 1 unspecified atom stereocenters. The van der Waals surface area contributed by atoms with Gasteiger partial charge in [0.05, 0.1) is 6.54 Å². The standard InChI is InChI=1S/C14H21N5O4/c20-9-2-11(21)13(23)17-10-12(22)18-5-7-19(8-6-18)14-15-3-1-4-16-14/h1,3-4,11,20-21H,2,5-10H2,(H,17,23). The SMILES string of the molecule is O=C(NCC(=O)N1CCN(c2ncccn2)CC1)C(O)CCO. The predicted molar refractivity (Wildman–Crippen MR) is 81.5 cm³/mol. The molecule has 0 radical (unpaired) electrons. The fourth-order valence-corrected chi connectivity index (χ4v) is 2.26. The molecule has 23 heavy (non-hydrogen) atoms. The van der Waals surface area contributed by atoms with Gasteiger partial charge in [0.25, 0.3) is 0 Å². The minimum absolute atomic E-state index is 0.0459. The molecule has 0 spiro atoms. The first kappa shape index (κ1) is 17.1. The lowest BCUT2D eigenvalue weighted by atomic mass is 10.2. The Bertz CT molecular complexity index is 519. The highest BCUT2D eigenvalue weighted by atomic mass is 16.3. The van der Waals surface area contributed by atoms with E-state index < -0.39 is 12.0 Å². The van der Waals surface area contributed by atoms with Crippen LogP contribution in [0.4, 0.5) is 5.95 Å². The van der Waals surface area contributed by atoms with Crippen LogP contribution in [0.3, 0.4) is 0 Å². The summed E-state index contributed by atoms with van der Waals surface area (Å²) >= 11 is 0. The van der Waals surface area contributed by atoms with Crippen LogP contribution in [0.25, 0.3) is 0 Å². The van der Waals surface area contributed by atoms with E-state index in [-0.39, 0.29) is 25.5 Å². The molecule has 1 aromatic rings. The molecule has 3 N–H and O–H groups in total. The van der Waals surface area contributed by atoms with Gasteiger partial charge in [0, 0.05) is 51.6 Å². The van der Waals surface area contributed by atoms with Crippen LogP contribution in [0.2, 0.25) is 0 Å². The van der Waals surface area contributed by atoms with Gasteiger partial charge in [-0.05, 0) is 6.07 Å². The number of nitrogens with zero attached hydrogens (tertiary/aromatic N) is 4. The van der Waals surface area contributed by atoms with Crippen LogP contribution in [0.15, 0.2) is 18.5 Å². The largest absolute Gasteiger partial charge is 0.396 e. The molecule has 2 rings (SSSR count). The highest BCUT2D eigenvalue weighted by Gasteiger charge is 2.23. The second-order valence-electron chi connectivity index (χ2n) is 5.16. The summed E-state index contributed by atoms with van der Waals surface area (Å²) < 4.78 is 0. The van der Waals surface area contributed by atoms with Crippen molar-refractivity contribution in [2.75, 3.05) is 44.2 Å². The van der Waals surface area contributed by atoms with Crippen molar-refractivity contribution in [3.8, 4) is 0 Å². The van der Waals surface area contributed by atoms with Crippen LogP contribution < -0.4 is 10.2 Å². The van der Waals surface area contributed by atoms with Crippen molar-refractivity contribution in [1.82, 2.24) is 20.2 Å². The van der Waals surface area contributed by atoms with Gasteiger partial charge in [0.15, 0.2) is 0 Å². The van der Waals surface area contributed by atoms with Crippen molar-refractivity contribution in [2.45, 2.75) is 12.5 Å². The fraction of sp³-hybridized carbons (Fsp3) is 0.571. The summed E-state index contributed by atoms with van der Waals surface area (Å²) in [6.45, 7) is 1.83. The van der Waals surface area contributed by atoms with Gasteiger partial charge >= 0.3 is 0 Å². The molecule has 1 fully saturated rings. The number of nitrogens with one attached hydrogen (secondary N) is 1. The van der Waals surface area contributed by atoms with Gasteiger partial charge in [-0.1, -0.05) is 0 Å². The molecule has 0 bridgehead atoms. The second-order valence-corrected chi connectivity index (χ2v) is 5.16. The molecule has 9 heteroatoms. The third-order valence-corrected chi connectivity index (χ3v) is 3.59. The molecular weight excluding hydrogens is 302 g/mol. The van der Waals surface area contributed by atoms with Gasteiger partial charge in [-0.15, -0.1) is 0 Å². The molecule has 0 aromatic carbocycles. The summed E-state index contributed by atoms with van der Waals surface area (Å²) in [5.74, 6) is -0.216. The molecule has 9 nitrogen and oxygen atoms in total. The van der Waals surface area contributed by atoms with E-state index >= 15 is 0 Å². The van der Waals surface area contributed by atoms with E-state index in [0.29, 0.717) is 32.1 Å². The lowest BCUT2D eigenvalue weighted by Crippen LogP contribution is -2.52. The number of aliphatic hydroxyl groups excluding tert-OH is 2. The Morgan fingerprint density at radius 3 is 2.48 bits per heavy atom. The highest BCUT2D eigenvalue weighted by Crippen LogP contribution is 2.09. The van der Waals surface area contributed by atoms with Crippen LogP contribution in [-0.4, -0.2) is 82.3 Å². The first-order valence-electron chi connectivity index (χ1n) is 7.48. The summed E-state index contributed by atoms with van der Waals surface area (Å²) in [5.41, 5.74) is 0. The van der Waals surface area contributed by atoms with Crippen LogP contribution >= 0.6 is 0 Å². The molecule has 1 saturated heterocycles. The van der Waals surface area contributed by atoms with Gasteiger partial charge in [0.2, 0.25) is 17.8 Å². The van der Waals surface area contributed by atoms with E-state index in [1.165, 1.54) is 0 Å². The van der Waals surface area contributed by atoms with Crippen molar-refractivity contribution in [3.05, 3.63) is 18.5 Å². The number of hydrogen-bond donors (Lipinski definition) is 3. The molecular formula is C14H21N5O4.